The second-order valence-electron chi connectivity index (χ2n) is 18.3. The normalized spacial score (nSPS) is 11.0. The van der Waals surface area contributed by atoms with Crippen molar-refractivity contribution in [2.75, 3.05) is 13.6 Å². The average Bonchev–Trinajstić information content (AvgIpc) is 3.39. The number of nitrogens with zero attached hydrogens (tertiary/aromatic N) is 5. The highest BCUT2D eigenvalue weighted by Crippen LogP contribution is 2.16. The minimum absolute atomic E-state index is 0.132. The Hall–Kier alpha value is -7.01. The topological polar surface area (TPSA) is 113 Å². The molecule has 0 unspecified atom stereocenters. The highest BCUT2D eigenvalue weighted by molar-refractivity contribution is 5.81. The third-order valence-electron chi connectivity index (χ3n) is 11.0. The minimum Gasteiger partial charge on any atom is -0.314 e. The monoisotopic (exact) mass is 930 g/mol. The summed E-state index contributed by atoms with van der Waals surface area (Å²) in [5.41, 5.74) is 11.0. The van der Waals surface area contributed by atoms with Gasteiger partial charge in [0.25, 0.3) is 0 Å². The molecule has 9 heteroatoms. The molecule has 0 fully saturated rings. The second-order valence-corrected chi connectivity index (χ2v) is 18.3. The molecular formula is C61H71N9. The lowest BCUT2D eigenvalue weighted by molar-refractivity contribution is 0.421. The summed E-state index contributed by atoms with van der Waals surface area (Å²) < 4.78 is 0. The Morgan fingerprint density at radius 2 is 0.700 bits per heavy atom. The van der Waals surface area contributed by atoms with Crippen LogP contribution in [0.1, 0.15) is 76.9 Å². The lowest BCUT2D eigenvalue weighted by Gasteiger charge is -2.20. The molecular weight excluding hydrogens is 859 g/mol. The number of pyridine rings is 5. The molecule has 0 spiro atoms. The van der Waals surface area contributed by atoms with Crippen molar-refractivity contribution in [3.05, 3.63) is 210 Å². The zero-order chi connectivity index (χ0) is 49.6. The summed E-state index contributed by atoms with van der Waals surface area (Å²) in [4.78, 5) is 22.7. The zero-order valence-corrected chi connectivity index (χ0v) is 42.4. The van der Waals surface area contributed by atoms with E-state index in [-0.39, 0.29) is 5.54 Å². The number of aryl methyl sites for hydroxylation is 1. The number of nitrogens with one attached hydrogen (secondary N) is 4. The number of hydrogen-bond donors (Lipinski definition) is 4. The Morgan fingerprint density at radius 1 is 0.386 bits per heavy atom. The molecule has 0 amide bonds. The standard InChI is InChI=1S/C14H18N2.C13H16N2.C12H14N2.C11H12N2.C11H11N/c1-14(2,3)15-10-12-9-8-11-6-4-5-7-13(11)16-12;1-10(2)14-9-12-8-7-11-5-3-4-6-13(11)15-12;1-2-13-9-11-8-7-10-5-3-4-6-12(10)14-11;1-12-8-10-7-6-9-4-2-3-5-11(9)13-10;1-2-10-8-7-9-5-3-4-6-11(9)12-10/h4-9,15H,10H2,1-3H3;3-8,10,14H,9H2,1-2H3;3-8,13H,2,9H2,1H3;2-7,12H,8H2,1H3;3-8H,2H2,1H3. The van der Waals surface area contributed by atoms with E-state index in [1.807, 2.05) is 85.9 Å². The van der Waals surface area contributed by atoms with E-state index < -0.39 is 0 Å². The van der Waals surface area contributed by atoms with E-state index in [1.54, 1.807) is 0 Å². The van der Waals surface area contributed by atoms with Crippen LogP contribution in [0.4, 0.5) is 0 Å². The molecule has 0 atom stereocenters. The first kappa shape index (κ1) is 52.4. The summed E-state index contributed by atoms with van der Waals surface area (Å²) in [6.45, 7) is 19.3. The third kappa shape index (κ3) is 17.2. The first-order chi connectivity index (χ1) is 34.0. The van der Waals surface area contributed by atoms with E-state index in [2.05, 4.69) is 198 Å². The summed E-state index contributed by atoms with van der Waals surface area (Å²) in [6.07, 6.45) is 1.00. The largest absolute Gasteiger partial charge is 0.314 e. The summed E-state index contributed by atoms with van der Waals surface area (Å²) in [5, 5.41) is 19.2. The van der Waals surface area contributed by atoms with Crippen LogP contribution in [-0.2, 0) is 32.6 Å². The number of hydrogen-bond acceptors (Lipinski definition) is 9. The molecule has 360 valence electrons. The molecule has 0 saturated carbocycles. The lowest BCUT2D eigenvalue weighted by Crippen LogP contribution is -2.35. The van der Waals surface area contributed by atoms with Crippen molar-refractivity contribution in [1.29, 1.82) is 0 Å². The predicted octanol–water partition coefficient (Wildman–Crippen LogP) is 13.0. The molecule has 70 heavy (non-hydrogen) atoms. The fraction of sp³-hybridized carbons (Fsp3) is 0.262. The van der Waals surface area contributed by atoms with Crippen LogP contribution in [0.25, 0.3) is 54.5 Å². The third-order valence-corrected chi connectivity index (χ3v) is 11.0. The van der Waals surface area contributed by atoms with Gasteiger partial charge in [-0.2, -0.15) is 0 Å². The Morgan fingerprint density at radius 3 is 1.03 bits per heavy atom. The Labute approximate surface area is 415 Å². The Kier molecular flexibility index (Phi) is 20.4. The van der Waals surface area contributed by atoms with Gasteiger partial charge in [0.1, 0.15) is 0 Å². The maximum absolute atomic E-state index is 4.62. The molecule has 10 rings (SSSR count). The SMILES string of the molecule is CC(C)(C)NCc1ccc2ccccc2n1.CC(C)NCc1ccc2ccccc2n1.CCNCc1ccc2ccccc2n1.CCc1ccc2ccccc2n1.CNCc1ccc2ccccc2n1. The van der Waals surface area contributed by atoms with Crippen molar-refractivity contribution in [3.8, 4) is 0 Å². The number of rotatable bonds is 11. The molecule has 5 heterocycles. The van der Waals surface area contributed by atoms with E-state index in [9.17, 15) is 0 Å². The maximum atomic E-state index is 4.62. The molecule has 0 radical (unpaired) electrons. The molecule has 10 aromatic rings. The van der Waals surface area contributed by atoms with E-state index >= 15 is 0 Å². The maximum Gasteiger partial charge on any atom is 0.0705 e. The van der Waals surface area contributed by atoms with Gasteiger partial charge in [0.05, 0.1) is 50.4 Å². The van der Waals surface area contributed by atoms with Crippen molar-refractivity contribution >= 4 is 54.5 Å². The van der Waals surface area contributed by atoms with Crippen molar-refractivity contribution in [3.63, 3.8) is 0 Å². The fourth-order valence-electron chi connectivity index (χ4n) is 7.23. The van der Waals surface area contributed by atoms with Crippen LogP contribution in [0, 0.1) is 0 Å². The molecule has 0 aliphatic carbocycles. The van der Waals surface area contributed by atoms with Gasteiger partial charge in [-0.3, -0.25) is 24.9 Å². The molecule has 0 bridgehead atoms. The van der Waals surface area contributed by atoms with Crippen LogP contribution in [0.2, 0.25) is 0 Å². The highest BCUT2D eigenvalue weighted by atomic mass is 15.0. The molecule has 5 aromatic heterocycles. The number of fused-ring (bicyclic) bond motifs is 5. The summed E-state index contributed by atoms with van der Waals surface area (Å²) in [6, 6.07) is 62.4. The van der Waals surface area contributed by atoms with Gasteiger partial charge in [0.15, 0.2) is 0 Å². The first-order valence-electron chi connectivity index (χ1n) is 24.6. The van der Waals surface area contributed by atoms with Crippen LogP contribution in [0.3, 0.4) is 0 Å². The lowest BCUT2D eigenvalue weighted by atomic mass is 10.1. The molecule has 0 aliphatic rings. The van der Waals surface area contributed by atoms with Crippen molar-refractivity contribution in [2.24, 2.45) is 0 Å². The summed E-state index contributed by atoms with van der Waals surface area (Å²) in [7, 11) is 1.93. The fourth-order valence-corrected chi connectivity index (χ4v) is 7.23. The molecule has 0 saturated heterocycles. The van der Waals surface area contributed by atoms with Gasteiger partial charge in [-0.15, -0.1) is 0 Å². The van der Waals surface area contributed by atoms with Gasteiger partial charge in [-0.25, -0.2) is 0 Å². The van der Waals surface area contributed by atoms with Crippen LogP contribution in [-0.4, -0.2) is 50.1 Å². The second kappa shape index (κ2) is 27.2. The Balaban J connectivity index is 0.000000144. The number of benzene rings is 5. The molecule has 0 aliphatic heterocycles. The van der Waals surface area contributed by atoms with Crippen molar-refractivity contribution in [2.45, 2.75) is 92.6 Å². The van der Waals surface area contributed by atoms with Crippen LogP contribution in [0.5, 0.6) is 0 Å². The minimum atomic E-state index is 0.132. The number of aromatic nitrogens is 5. The van der Waals surface area contributed by atoms with Gasteiger partial charge in [0, 0.05) is 70.4 Å². The van der Waals surface area contributed by atoms with Crippen LogP contribution in [0.15, 0.2) is 182 Å². The van der Waals surface area contributed by atoms with Gasteiger partial charge in [-0.05, 0) is 101 Å². The quantitative estimate of drug-likeness (QED) is 0.101. The molecule has 4 N–H and O–H groups in total. The van der Waals surface area contributed by atoms with Gasteiger partial charge < -0.3 is 21.3 Å². The van der Waals surface area contributed by atoms with E-state index in [4.69, 9.17) is 0 Å². The van der Waals surface area contributed by atoms with Crippen LogP contribution < -0.4 is 21.3 Å². The average molecular weight is 930 g/mol. The number of para-hydroxylation sites is 5. The predicted molar refractivity (Wildman–Crippen MR) is 297 cm³/mol. The van der Waals surface area contributed by atoms with Crippen molar-refractivity contribution < 1.29 is 0 Å². The summed E-state index contributed by atoms with van der Waals surface area (Å²) >= 11 is 0. The van der Waals surface area contributed by atoms with E-state index in [1.165, 1.54) is 26.9 Å². The highest BCUT2D eigenvalue weighted by Gasteiger charge is 2.09. The first-order valence-corrected chi connectivity index (χ1v) is 24.6. The van der Waals surface area contributed by atoms with Crippen LogP contribution >= 0.6 is 0 Å². The molecule has 9 nitrogen and oxygen atoms in total. The van der Waals surface area contributed by atoms with E-state index in [0.29, 0.717) is 6.04 Å². The zero-order valence-electron chi connectivity index (χ0n) is 42.4. The smallest absolute Gasteiger partial charge is 0.0705 e. The Bertz CT molecular complexity index is 3140. The van der Waals surface area contributed by atoms with E-state index in [0.717, 1.165) is 95.2 Å². The van der Waals surface area contributed by atoms with Gasteiger partial charge in [-0.1, -0.05) is 149 Å². The van der Waals surface area contributed by atoms with Gasteiger partial charge in [0.2, 0.25) is 0 Å². The van der Waals surface area contributed by atoms with Gasteiger partial charge >= 0.3 is 0 Å². The molecule has 5 aromatic carbocycles. The van der Waals surface area contributed by atoms with Crippen molar-refractivity contribution in [1.82, 2.24) is 46.2 Å². The summed E-state index contributed by atoms with van der Waals surface area (Å²) in [5.74, 6) is 0.